The van der Waals surface area contributed by atoms with Gasteiger partial charge in [-0.25, -0.2) is 36.7 Å². The molecule has 4 heterocycles. The fraction of sp³-hybridized carbons (Fsp3) is 0.174. The molecule has 0 aliphatic heterocycles. The van der Waals surface area contributed by atoms with E-state index in [0.29, 0.717) is 17.2 Å². The third kappa shape index (κ3) is 4.47. The standard InChI is InChI=1S/C23H22FN9O2S/c1-14-4-6-17(7-5-14)36(34,35)33-9-8-18-20(33)22(30-19-12-32(3)13-27-19)31-23(29-18)28-15(2)21-25-10-16(24)11-26-21/h4-13,15H,1-3H3,(H2,28,29,30,31)/t15-/m0/s1. The number of rotatable bonds is 7. The fourth-order valence-electron chi connectivity index (χ4n) is 3.60. The Bertz CT molecular complexity index is 1650. The highest BCUT2D eigenvalue weighted by Gasteiger charge is 2.24. The van der Waals surface area contributed by atoms with Crippen molar-refractivity contribution < 1.29 is 12.8 Å². The number of fused-ring (bicyclic) bond motifs is 1. The zero-order valence-electron chi connectivity index (χ0n) is 19.6. The second-order valence-electron chi connectivity index (χ2n) is 8.23. The minimum absolute atomic E-state index is 0.138. The van der Waals surface area contributed by atoms with E-state index in [1.807, 2.05) is 14.0 Å². The predicted octanol–water partition coefficient (Wildman–Crippen LogP) is 3.56. The zero-order valence-corrected chi connectivity index (χ0v) is 20.4. The lowest BCUT2D eigenvalue weighted by atomic mass is 10.2. The summed E-state index contributed by atoms with van der Waals surface area (Å²) < 4.78 is 43.1. The second-order valence-corrected chi connectivity index (χ2v) is 10.0. The smallest absolute Gasteiger partial charge is 0.268 e. The third-order valence-corrected chi connectivity index (χ3v) is 7.09. The Morgan fingerprint density at radius 3 is 2.42 bits per heavy atom. The summed E-state index contributed by atoms with van der Waals surface area (Å²) in [4.78, 5) is 21.4. The molecule has 0 bridgehead atoms. The van der Waals surface area contributed by atoms with Crippen LogP contribution in [0, 0.1) is 12.7 Å². The van der Waals surface area contributed by atoms with E-state index in [1.165, 1.54) is 6.20 Å². The van der Waals surface area contributed by atoms with Gasteiger partial charge in [0.25, 0.3) is 10.0 Å². The van der Waals surface area contributed by atoms with Gasteiger partial charge in [0.15, 0.2) is 11.6 Å². The minimum atomic E-state index is -3.94. The molecule has 0 spiro atoms. The fourth-order valence-corrected chi connectivity index (χ4v) is 4.95. The van der Waals surface area contributed by atoms with E-state index in [-0.39, 0.29) is 22.2 Å². The first kappa shape index (κ1) is 23.4. The van der Waals surface area contributed by atoms with Gasteiger partial charge in [-0.05, 0) is 32.0 Å². The van der Waals surface area contributed by atoms with Crippen LogP contribution < -0.4 is 10.6 Å². The maximum absolute atomic E-state index is 13.5. The van der Waals surface area contributed by atoms with Crippen LogP contribution >= 0.6 is 0 Å². The van der Waals surface area contributed by atoms with E-state index in [1.54, 1.807) is 54.3 Å². The largest absolute Gasteiger partial charge is 0.344 e. The highest BCUT2D eigenvalue weighted by molar-refractivity contribution is 7.90. The van der Waals surface area contributed by atoms with Crippen LogP contribution in [-0.4, -0.2) is 41.9 Å². The molecule has 5 rings (SSSR count). The van der Waals surface area contributed by atoms with Crippen LogP contribution in [0.4, 0.5) is 22.0 Å². The summed E-state index contributed by atoms with van der Waals surface area (Å²) in [5, 5.41) is 6.19. The van der Waals surface area contributed by atoms with E-state index < -0.39 is 21.9 Å². The van der Waals surface area contributed by atoms with Crippen LogP contribution in [0.5, 0.6) is 0 Å². The Morgan fingerprint density at radius 2 is 1.75 bits per heavy atom. The van der Waals surface area contributed by atoms with Crippen molar-refractivity contribution in [3.8, 4) is 0 Å². The molecule has 4 aromatic heterocycles. The van der Waals surface area contributed by atoms with Gasteiger partial charge in [0.1, 0.15) is 17.2 Å². The molecule has 0 saturated heterocycles. The van der Waals surface area contributed by atoms with Gasteiger partial charge >= 0.3 is 0 Å². The van der Waals surface area contributed by atoms with Gasteiger partial charge in [-0.15, -0.1) is 0 Å². The van der Waals surface area contributed by atoms with Crippen molar-refractivity contribution in [1.29, 1.82) is 0 Å². The van der Waals surface area contributed by atoms with E-state index in [9.17, 15) is 12.8 Å². The van der Waals surface area contributed by atoms with Crippen LogP contribution in [0.3, 0.4) is 0 Å². The molecule has 0 fully saturated rings. The number of benzene rings is 1. The van der Waals surface area contributed by atoms with E-state index >= 15 is 0 Å². The molecule has 1 aromatic carbocycles. The molecule has 36 heavy (non-hydrogen) atoms. The molecular weight excluding hydrogens is 485 g/mol. The summed E-state index contributed by atoms with van der Waals surface area (Å²) in [6.45, 7) is 3.66. The average Bonchev–Trinajstić information content (AvgIpc) is 3.46. The SMILES string of the molecule is Cc1ccc(S(=O)(=O)n2ccc3nc(N[C@@H](C)c4ncc(F)cn4)nc(Nc4cn(C)cn4)c32)cc1. The molecular formula is C23H22FN9O2S. The van der Waals surface area contributed by atoms with Crippen LogP contribution in [0.2, 0.25) is 0 Å². The number of nitrogens with one attached hydrogen (secondary N) is 2. The van der Waals surface area contributed by atoms with Gasteiger partial charge in [0.2, 0.25) is 5.95 Å². The molecule has 0 aliphatic carbocycles. The van der Waals surface area contributed by atoms with Crippen molar-refractivity contribution in [1.82, 2.24) is 33.5 Å². The Morgan fingerprint density at radius 1 is 1.03 bits per heavy atom. The Labute approximate surface area is 206 Å². The number of aryl methyl sites for hydroxylation is 2. The van der Waals surface area contributed by atoms with Gasteiger partial charge < -0.3 is 15.2 Å². The molecule has 0 unspecified atom stereocenters. The van der Waals surface area contributed by atoms with Crippen molar-refractivity contribution in [2.45, 2.75) is 24.8 Å². The third-order valence-electron chi connectivity index (χ3n) is 5.40. The number of hydrogen-bond acceptors (Lipinski definition) is 9. The zero-order chi connectivity index (χ0) is 25.4. The van der Waals surface area contributed by atoms with Crippen molar-refractivity contribution in [2.24, 2.45) is 7.05 Å². The van der Waals surface area contributed by atoms with Gasteiger partial charge in [-0.3, -0.25) is 0 Å². The highest BCUT2D eigenvalue weighted by atomic mass is 32.2. The number of aromatic nitrogens is 7. The maximum atomic E-state index is 13.5. The van der Waals surface area contributed by atoms with Crippen LogP contribution in [0.1, 0.15) is 24.4 Å². The second kappa shape index (κ2) is 9.00. The lowest BCUT2D eigenvalue weighted by Gasteiger charge is -2.15. The van der Waals surface area contributed by atoms with Gasteiger partial charge in [0.05, 0.1) is 35.2 Å². The van der Waals surface area contributed by atoms with Gasteiger partial charge in [-0.2, -0.15) is 4.98 Å². The van der Waals surface area contributed by atoms with Crippen LogP contribution in [0.25, 0.3) is 11.0 Å². The number of nitrogens with zero attached hydrogens (tertiary/aromatic N) is 7. The molecule has 0 saturated carbocycles. The van der Waals surface area contributed by atoms with E-state index in [4.69, 9.17) is 0 Å². The molecule has 5 aromatic rings. The summed E-state index contributed by atoms with van der Waals surface area (Å²) >= 11 is 0. The first-order chi connectivity index (χ1) is 17.2. The number of imidazole rings is 1. The van der Waals surface area contributed by atoms with Gasteiger partial charge in [0, 0.05) is 19.4 Å². The molecule has 0 aliphatic rings. The molecule has 1 atom stereocenters. The van der Waals surface area contributed by atoms with Crippen molar-refractivity contribution in [3.63, 3.8) is 0 Å². The average molecular weight is 508 g/mol. The Balaban J connectivity index is 1.60. The first-order valence-corrected chi connectivity index (χ1v) is 12.3. The predicted molar refractivity (Wildman–Crippen MR) is 132 cm³/mol. The van der Waals surface area contributed by atoms with Crippen molar-refractivity contribution in [2.75, 3.05) is 10.6 Å². The summed E-state index contributed by atoms with van der Waals surface area (Å²) in [7, 11) is -2.12. The molecule has 13 heteroatoms. The van der Waals surface area contributed by atoms with E-state index in [0.717, 1.165) is 21.9 Å². The van der Waals surface area contributed by atoms with Crippen LogP contribution in [-0.2, 0) is 17.1 Å². The molecule has 11 nitrogen and oxygen atoms in total. The number of halogens is 1. The first-order valence-electron chi connectivity index (χ1n) is 10.9. The van der Waals surface area contributed by atoms with Crippen LogP contribution in [0.15, 0.2) is 66.3 Å². The van der Waals surface area contributed by atoms with Gasteiger partial charge in [-0.1, -0.05) is 17.7 Å². The summed E-state index contributed by atoms with van der Waals surface area (Å²) in [5.41, 5.74) is 1.59. The van der Waals surface area contributed by atoms with Crippen molar-refractivity contribution >= 4 is 38.6 Å². The monoisotopic (exact) mass is 507 g/mol. The van der Waals surface area contributed by atoms with Crippen molar-refractivity contribution in [3.05, 3.63) is 78.7 Å². The van der Waals surface area contributed by atoms with E-state index in [2.05, 4.69) is 35.6 Å². The lowest BCUT2D eigenvalue weighted by molar-refractivity contribution is 0.589. The summed E-state index contributed by atoms with van der Waals surface area (Å²) in [6, 6.07) is 7.74. The normalized spacial score (nSPS) is 12.6. The molecule has 0 amide bonds. The Kier molecular flexibility index (Phi) is 5.84. The highest BCUT2D eigenvalue weighted by Crippen LogP contribution is 2.30. The topological polar surface area (TPSA) is 133 Å². The quantitative estimate of drug-likeness (QED) is 0.339. The number of hydrogen-bond donors (Lipinski definition) is 2. The Hall–Kier alpha value is -4.39. The molecule has 184 valence electrons. The lowest BCUT2D eigenvalue weighted by Crippen LogP contribution is -2.15. The summed E-state index contributed by atoms with van der Waals surface area (Å²) in [6.07, 6.45) is 6.94. The minimum Gasteiger partial charge on any atom is -0.344 e. The number of anilines is 3. The summed E-state index contributed by atoms with van der Waals surface area (Å²) in [5.74, 6) is 0.709. The molecule has 0 radical (unpaired) electrons. The molecule has 2 N–H and O–H groups in total. The maximum Gasteiger partial charge on any atom is 0.268 e.